The number of fused-ring (bicyclic) bond motifs is 1. The summed E-state index contributed by atoms with van der Waals surface area (Å²) in [7, 11) is 1.79. The topological polar surface area (TPSA) is 507 Å². The van der Waals surface area contributed by atoms with Gasteiger partial charge >= 0.3 is 12.0 Å². The Morgan fingerprint density at radius 2 is 1.18 bits per heavy atom. The van der Waals surface area contributed by atoms with Gasteiger partial charge in [-0.25, -0.2) is 9.78 Å². The van der Waals surface area contributed by atoms with Gasteiger partial charge in [-0.1, -0.05) is 70.1 Å². The number of primary amides is 1. The quantitative estimate of drug-likeness (QED) is 0.0125. The lowest BCUT2D eigenvalue weighted by atomic mass is 10.0. The van der Waals surface area contributed by atoms with Crippen molar-refractivity contribution in [2.45, 2.75) is 106 Å². The van der Waals surface area contributed by atoms with Crippen molar-refractivity contribution < 1.29 is 57.8 Å². The number of amides is 11. The number of urea groups is 1. The van der Waals surface area contributed by atoms with E-state index in [9.17, 15) is 57.8 Å². The first-order chi connectivity index (χ1) is 40.6. The van der Waals surface area contributed by atoms with Crippen LogP contribution in [-0.2, 0) is 67.2 Å². The number of nitrogens with two attached hydrogens (primary N) is 5. The number of aliphatic carboxylic acids is 1. The Labute approximate surface area is 493 Å². The van der Waals surface area contributed by atoms with Gasteiger partial charge in [0.2, 0.25) is 47.3 Å². The first-order valence-corrected chi connectivity index (χ1v) is 29.3. The molecule has 456 valence electrons. The van der Waals surface area contributed by atoms with Crippen LogP contribution < -0.4 is 71.2 Å². The average Bonchev–Trinajstić information content (AvgIpc) is 3.92. The molecule has 2 saturated heterocycles. The highest BCUT2D eigenvalue weighted by atomic mass is 33.1. The number of rotatable bonds is 21. The Bertz CT molecular complexity index is 3100. The second-order valence-corrected chi connectivity index (χ2v) is 22.3. The summed E-state index contributed by atoms with van der Waals surface area (Å²) in [6, 6.07) is 2.96. The maximum Gasteiger partial charge on any atom is 0.325 e. The normalized spacial score (nSPS) is 22.3. The largest absolute Gasteiger partial charge is 0.481 e. The van der Waals surface area contributed by atoms with Gasteiger partial charge in [0.05, 0.1) is 6.33 Å². The molecule has 85 heavy (non-hydrogen) atoms. The van der Waals surface area contributed by atoms with Crippen LogP contribution in [0.2, 0.25) is 0 Å². The summed E-state index contributed by atoms with van der Waals surface area (Å²) in [5, 5.41) is 31.2. The molecule has 2 aliphatic heterocycles. The Morgan fingerprint density at radius 1 is 0.624 bits per heavy atom. The maximum atomic E-state index is 14.8. The molecule has 0 radical (unpaired) electrons. The number of guanidine groups is 2. The molecule has 0 unspecified atom stereocenters. The molecule has 8 atom stereocenters. The molecule has 33 heteroatoms. The van der Waals surface area contributed by atoms with E-state index in [1.165, 1.54) is 12.5 Å². The first-order valence-electron chi connectivity index (χ1n) is 26.8. The van der Waals surface area contributed by atoms with Gasteiger partial charge in [-0.3, -0.25) is 62.8 Å². The molecule has 4 aromatic rings. The van der Waals surface area contributed by atoms with Crippen LogP contribution in [0.25, 0.3) is 10.9 Å². The number of hydrogen-bond donors (Lipinski definition) is 16. The Balaban J connectivity index is 1.37. The van der Waals surface area contributed by atoms with Gasteiger partial charge in [0.1, 0.15) is 54.9 Å². The molecule has 2 aromatic carbocycles. The molecule has 0 spiro atoms. The van der Waals surface area contributed by atoms with Gasteiger partial charge in [0, 0.05) is 79.3 Å². The number of nitrogens with zero attached hydrogens (tertiary/aromatic N) is 4. The maximum absolute atomic E-state index is 14.8. The van der Waals surface area contributed by atoms with Crippen molar-refractivity contribution in [2.24, 2.45) is 38.7 Å². The lowest BCUT2D eigenvalue weighted by Gasteiger charge is -2.28. The lowest BCUT2D eigenvalue weighted by molar-refractivity contribution is -0.138. The zero-order valence-corrected chi connectivity index (χ0v) is 47.5. The van der Waals surface area contributed by atoms with Crippen molar-refractivity contribution in [1.82, 2.24) is 62.4 Å². The van der Waals surface area contributed by atoms with Crippen molar-refractivity contribution in [3.8, 4) is 0 Å². The van der Waals surface area contributed by atoms with Crippen LogP contribution in [-0.4, -0.2) is 182 Å². The monoisotopic (exact) mass is 1220 g/mol. The second kappa shape index (κ2) is 31.9. The number of imidazole rings is 1. The number of carbonyl (C=O) groups excluding carboxylic acids is 10. The highest BCUT2D eigenvalue weighted by Crippen LogP contribution is 2.24. The van der Waals surface area contributed by atoms with E-state index in [0.717, 1.165) is 21.6 Å². The molecule has 4 heterocycles. The summed E-state index contributed by atoms with van der Waals surface area (Å²) in [6.07, 6.45) is 2.83. The standard InChI is InChI=1S/C52H69N19O12S2/c53-42(75)38-24-84-85-25-39(63-40(72)23-71-49(82)34(70-52(71)83)13-7-17-60-51(56)57)48(81)65-33(14-15-41(73)74)44(77)68-37(20-29-22-58-26-62-29)47(80)66-35(18-27-8-2-1-3-9-27)45(78)64-32(12-6-16-59-50(54)55)43(76)67-36(46(79)69-38)19-28-21-61-31-11-5-4-10-30(28)31/h1-5,8-11,21-22,26,32-39,61H,6-7,12-20,23-25H2,(H2,53,75)(H,58,62)(H,63,72)(H,64,78)(H,65,81)(H,66,80)(H,67,76)(H,68,77)(H,69,79)(H,70,83)(H,73,74)(H4,54,55,59)(H4,56,57,60)/t32-,33-,34+,35+,36-,37-,38-,39-/m0/s1. The molecule has 0 aliphatic carbocycles. The van der Waals surface area contributed by atoms with Gasteiger partial charge in [0.25, 0.3) is 5.91 Å². The number of hydrogen-bond acceptors (Lipinski definition) is 16. The fourth-order valence-electron chi connectivity index (χ4n) is 8.98. The number of carbonyl (C=O) groups is 11. The van der Waals surface area contributed by atoms with Gasteiger partial charge in [0.15, 0.2) is 11.9 Å². The van der Waals surface area contributed by atoms with Crippen molar-refractivity contribution in [3.05, 3.63) is 90.1 Å². The van der Waals surface area contributed by atoms with Crippen LogP contribution in [0.3, 0.4) is 0 Å². The van der Waals surface area contributed by atoms with E-state index in [2.05, 4.69) is 67.5 Å². The number of benzene rings is 2. The summed E-state index contributed by atoms with van der Waals surface area (Å²) in [4.78, 5) is 171. The van der Waals surface area contributed by atoms with E-state index in [1.807, 2.05) is 0 Å². The molecule has 21 N–H and O–H groups in total. The minimum Gasteiger partial charge on any atom is -0.481 e. The average molecular weight is 1220 g/mol. The number of H-pyrrole nitrogens is 2. The van der Waals surface area contributed by atoms with Gasteiger partial charge < -0.3 is 86.3 Å². The van der Waals surface area contributed by atoms with Crippen molar-refractivity contribution in [3.63, 3.8) is 0 Å². The number of aromatic amines is 2. The summed E-state index contributed by atoms with van der Waals surface area (Å²) >= 11 is 0. The molecule has 2 aliphatic rings. The van der Waals surface area contributed by atoms with Gasteiger partial charge in [-0.2, -0.15) is 0 Å². The molecule has 0 saturated carbocycles. The van der Waals surface area contributed by atoms with E-state index >= 15 is 0 Å². The van der Waals surface area contributed by atoms with Gasteiger partial charge in [-0.05, 0) is 49.3 Å². The highest BCUT2D eigenvalue weighted by Gasteiger charge is 2.40. The number of aliphatic imine (C=N–C) groups is 2. The highest BCUT2D eigenvalue weighted by molar-refractivity contribution is 8.76. The van der Waals surface area contributed by atoms with Crippen molar-refractivity contribution in [1.29, 1.82) is 0 Å². The van der Waals surface area contributed by atoms with E-state index in [0.29, 0.717) is 32.6 Å². The van der Waals surface area contributed by atoms with Crippen LogP contribution >= 0.6 is 21.6 Å². The van der Waals surface area contributed by atoms with E-state index in [4.69, 9.17) is 28.7 Å². The molecular formula is C52H69N19O12S2. The summed E-state index contributed by atoms with van der Waals surface area (Å²) in [5.41, 5.74) is 29.9. The number of aromatic nitrogens is 3. The van der Waals surface area contributed by atoms with Crippen LogP contribution in [0.4, 0.5) is 4.79 Å². The summed E-state index contributed by atoms with van der Waals surface area (Å²) in [6.45, 7) is -0.715. The minimum absolute atomic E-state index is 0.0144. The van der Waals surface area contributed by atoms with Crippen LogP contribution in [0, 0.1) is 0 Å². The predicted molar refractivity (Wildman–Crippen MR) is 313 cm³/mol. The zero-order valence-electron chi connectivity index (χ0n) is 45.9. The van der Waals surface area contributed by atoms with Crippen LogP contribution in [0.1, 0.15) is 55.3 Å². The fourth-order valence-corrected chi connectivity index (χ4v) is 11.3. The molecule has 31 nitrogen and oxygen atoms in total. The fraction of sp³-hybridized carbons (Fsp3) is 0.423. The number of carboxylic acids is 1. The summed E-state index contributed by atoms with van der Waals surface area (Å²) < 4.78 is 0. The zero-order chi connectivity index (χ0) is 61.6. The number of nitrogens with one attached hydrogen (secondary N) is 10. The van der Waals surface area contributed by atoms with E-state index in [1.54, 1.807) is 60.8 Å². The van der Waals surface area contributed by atoms with Crippen molar-refractivity contribution in [2.75, 3.05) is 31.1 Å². The molecule has 2 aromatic heterocycles. The van der Waals surface area contributed by atoms with E-state index in [-0.39, 0.29) is 81.5 Å². The van der Waals surface area contributed by atoms with Crippen molar-refractivity contribution >= 4 is 110 Å². The molecule has 11 amide bonds. The van der Waals surface area contributed by atoms with Crippen LogP contribution in [0.15, 0.2) is 83.3 Å². The Hall–Kier alpha value is -9.40. The molecule has 6 rings (SSSR count). The third-order valence-corrected chi connectivity index (χ3v) is 15.8. The Kier molecular flexibility index (Phi) is 24.3. The third kappa shape index (κ3) is 20.2. The van der Waals surface area contributed by atoms with Crippen LogP contribution in [0.5, 0.6) is 0 Å². The second-order valence-electron chi connectivity index (χ2n) is 19.7. The third-order valence-electron chi connectivity index (χ3n) is 13.3. The lowest BCUT2D eigenvalue weighted by Crippen LogP contribution is -2.61. The SMILES string of the molecule is NC(=O)[C@@H]1CSSC[C@H](NC(=O)CN2C(=O)N[C@H](CCCN=C(N)N)C2=O)C(=O)N[C@@H](CCC(=O)O)C(=O)N[C@@H](Cc2cnc[nH]2)C(=O)N[C@H](Cc2ccccc2)C(=O)N[C@@H](CCCN=C(N)N)C(=O)N[C@@H](Cc2c[nH]c3ccccc23)C(=O)N1. The number of imide groups is 1. The Morgan fingerprint density at radius 3 is 1.80 bits per heavy atom. The summed E-state index contributed by atoms with van der Waals surface area (Å²) in [5.74, 6) is -11.0. The minimum atomic E-state index is -1.72. The van der Waals surface area contributed by atoms with Gasteiger partial charge in [-0.15, -0.1) is 0 Å². The molecular weight excluding hydrogens is 1150 g/mol. The molecule has 2 fully saturated rings. The van der Waals surface area contributed by atoms with E-state index < -0.39 is 133 Å². The number of para-hydroxylation sites is 1. The smallest absolute Gasteiger partial charge is 0.325 e. The number of carboxylic acid groups (broad SMARTS) is 1. The first kappa shape index (κ1) is 64.8. The molecule has 0 bridgehead atoms. The predicted octanol–water partition coefficient (Wildman–Crippen LogP) is -3.91.